The van der Waals surface area contributed by atoms with Crippen LogP contribution >= 0.6 is 0 Å². The Morgan fingerprint density at radius 1 is 0.824 bits per heavy atom. The Morgan fingerprint density at radius 2 is 1.44 bits per heavy atom. The fourth-order valence-corrected chi connectivity index (χ4v) is 2.90. The Labute approximate surface area is 195 Å². The van der Waals surface area contributed by atoms with E-state index in [0.717, 1.165) is 14.2 Å². The van der Waals surface area contributed by atoms with Crippen LogP contribution in [-0.2, 0) is 30.2 Å². The first kappa shape index (κ1) is 26.1. The molecule has 0 bridgehead atoms. The molecule has 0 spiro atoms. The number of methoxy groups -OCH3 is 3. The average Bonchev–Trinajstić information content (AvgIpc) is 2.85. The van der Waals surface area contributed by atoms with E-state index in [1.807, 2.05) is 0 Å². The van der Waals surface area contributed by atoms with Crippen LogP contribution in [0.3, 0.4) is 0 Å². The molecule has 11 heteroatoms. The lowest BCUT2D eigenvalue weighted by molar-refractivity contribution is -0.147. The van der Waals surface area contributed by atoms with Gasteiger partial charge in [-0.2, -0.15) is 0 Å². The van der Waals surface area contributed by atoms with Gasteiger partial charge in [0.2, 0.25) is 0 Å². The largest absolute Gasteiger partial charge is 0.513 e. The maximum Gasteiger partial charge on any atom is 0.513 e. The maximum absolute atomic E-state index is 12.5. The molecule has 0 radical (unpaired) electrons. The number of benzene rings is 2. The second-order valence-electron chi connectivity index (χ2n) is 6.97. The number of rotatable bonds is 9. The lowest BCUT2D eigenvalue weighted by atomic mass is 9.88. The molecule has 0 aliphatic heterocycles. The molecule has 2 N–H and O–H groups in total. The van der Waals surface area contributed by atoms with Crippen LogP contribution in [0.15, 0.2) is 48.5 Å². The van der Waals surface area contributed by atoms with E-state index in [1.165, 1.54) is 25.3 Å². The molecule has 182 valence electrons. The summed E-state index contributed by atoms with van der Waals surface area (Å²) >= 11 is 0. The highest BCUT2D eigenvalue weighted by Gasteiger charge is 2.36. The molecular formula is C23H25NO10. The summed E-state index contributed by atoms with van der Waals surface area (Å²) in [5, 5.41) is 0. The van der Waals surface area contributed by atoms with Gasteiger partial charge in [-0.15, -0.1) is 0 Å². The number of ether oxygens (including phenoxy) is 6. The molecule has 0 aliphatic carbocycles. The van der Waals surface area contributed by atoms with Crippen LogP contribution in [0.5, 0.6) is 11.5 Å². The fourth-order valence-electron chi connectivity index (χ4n) is 2.90. The molecule has 34 heavy (non-hydrogen) atoms. The Balaban J connectivity index is 2.20. The molecule has 0 saturated carbocycles. The van der Waals surface area contributed by atoms with Gasteiger partial charge >= 0.3 is 24.2 Å². The molecule has 0 amide bonds. The molecule has 0 fully saturated rings. The van der Waals surface area contributed by atoms with Crippen molar-refractivity contribution in [2.24, 2.45) is 5.73 Å². The van der Waals surface area contributed by atoms with E-state index in [2.05, 4.69) is 9.47 Å². The monoisotopic (exact) mass is 475 g/mol. The number of hydrogen-bond acceptors (Lipinski definition) is 11. The van der Waals surface area contributed by atoms with Crippen molar-refractivity contribution in [3.63, 3.8) is 0 Å². The first-order chi connectivity index (χ1) is 16.2. The quantitative estimate of drug-likeness (QED) is 0.324. The summed E-state index contributed by atoms with van der Waals surface area (Å²) in [6, 6.07) is 12.5. The molecule has 1 atom stereocenters. The minimum absolute atomic E-state index is 0.0636. The average molecular weight is 475 g/mol. The molecule has 2 aromatic carbocycles. The van der Waals surface area contributed by atoms with Gasteiger partial charge in [-0.3, -0.25) is 4.79 Å². The van der Waals surface area contributed by atoms with Crippen LogP contribution in [0.4, 0.5) is 9.59 Å². The molecule has 2 rings (SSSR count). The van der Waals surface area contributed by atoms with Gasteiger partial charge in [-0.05, 0) is 29.8 Å². The second-order valence-corrected chi connectivity index (χ2v) is 6.97. The molecule has 0 aliphatic rings. The van der Waals surface area contributed by atoms with Crippen molar-refractivity contribution in [3.05, 3.63) is 59.7 Å². The minimum atomic E-state index is -1.58. The zero-order valence-corrected chi connectivity index (χ0v) is 18.9. The van der Waals surface area contributed by atoms with E-state index < -0.39 is 29.8 Å². The van der Waals surface area contributed by atoms with Crippen molar-refractivity contribution in [3.8, 4) is 11.5 Å². The third-order valence-electron chi connectivity index (χ3n) is 4.63. The molecule has 0 heterocycles. The van der Waals surface area contributed by atoms with E-state index in [-0.39, 0.29) is 30.9 Å². The third-order valence-corrected chi connectivity index (χ3v) is 4.63. The molecule has 0 unspecified atom stereocenters. The number of nitrogens with two attached hydrogens (primary N) is 1. The van der Waals surface area contributed by atoms with Crippen molar-refractivity contribution in [2.75, 3.05) is 27.9 Å². The zero-order valence-electron chi connectivity index (χ0n) is 18.9. The van der Waals surface area contributed by atoms with Gasteiger partial charge in [0.05, 0.1) is 33.5 Å². The summed E-state index contributed by atoms with van der Waals surface area (Å²) in [6.07, 6.45) is -2.25. The lowest BCUT2D eigenvalue weighted by Crippen LogP contribution is -2.51. The molecular weight excluding hydrogens is 450 g/mol. The highest BCUT2D eigenvalue weighted by Crippen LogP contribution is 2.31. The number of carbonyl (C=O) groups is 4. The maximum atomic E-state index is 12.5. The van der Waals surface area contributed by atoms with Gasteiger partial charge < -0.3 is 34.2 Å². The summed E-state index contributed by atoms with van der Waals surface area (Å²) in [4.78, 5) is 47.7. The Bertz CT molecular complexity index is 1020. The standard InChI is InChI=1S/C23H25NO10/c1-29-20(26)23(24,11-12-32-19(25)16-7-5-4-6-8-16)14-15-9-10-17(33-21(27)30-2)18(13-15)34-22(28)31-3/h4-10,13H,11-12,14,24H2,1-3H3/t23-/m1/s1. The van der Waals surface area contributed by atoms with E-state index in [4.69, 9.17) is 24.7 Å². The van der Waals surface area contributed by atoms with Crippen LogP contribution in [0.1, 0.15) is 22.3 Å². The highest BCUT2D eigenvalue weighted by molar-refractivity contribution is 5.89. The van der Waals surface area contributed by atoms with Crippen molar-refractivity contribution in [1.29, 1.82) is 0 Å². The van der Waals surface area contributed by atoms with Crippen molar-refractivity contribution >= 4 is 24.2 Å². The predicted molar refractivity (Wildman–Crippen MR) is 116 cm³/mol. The number of esters is 2. The molecule has 2 aromatic rings. The van der Waals surface area contributed by atoms with Crippen molar-refractivity contribution in [2.45, 2.75) is 18.4 Å². The zero-order chi connectivity index (χ0) is 25.1. The summed E-state index contributed by atoms with van der Waals surface area (Å²) in [7, 11) is 3.40. The molecule has 11 nitrogen and oxygen atoms in total. The van der Waals surface area contributed by atoms with Gasteiger partial charge in [0.1, 0.15) is 5.54 Å². The minimum Gasteiger partial charge on any atom is -0.468 e. The Morgan fingerprint density at radius 3 is 2.03 bits per heavy atom. The van der Waals surface area contributed by atoms with Crippen LogP contribution in [0.25, 0.3) is 0 Å². The highest BCUT2D eigenvalue weighted by atomic mass is 16.7. The topological polar surface area (TPSA) is 150 Å². The van der Waals surface area contributed by atoms with Gasteiger partial charge in [0, 0.05) is 12.8 Å². The van der Waals surface area contributed by atoms with Gasteiger partial charge in [0.15, 0.2) is 11.5 Å². The number of hydrogen-bond donors (Lipinski definition) is 1. The van der Waals surface area contributed by atoms with Crippen molar-refractivity contribution in [1.82, 2.24) is 0 Å². The third kappa shape index (κ3) is 7.20. The van der Waals surface area contributed by atoms with E-state index in [9.17, 15) is 19.2 Å². The van der Waals surface area contributed by atoms with Crippen LogP contribution in [0, 0.1) is 0 Å². The van der Waals surface area contributed by atoms with E-state index in [0.29, 0.717) is 11.1 Å². The fraction of sp³-hybridized carbons (Fsp3) is 0.304. The van der Waals surface area contributed by atoms with Crippen LogP contribution in [-0.4, -0.2) is 57.7 Å². The Hall–Kier alpha value is -4.12. The second kappa shape index (κ2) is 12.2. The summed E-state index contributed by atoms with van der Waals surface area (Å²) in [5.41, 5.74) is 5.52. The summed E-state index contributed by atoms with van der Waals surface area (Å²) in [6.45, 7) is -0.158. The normalized spacial score (nSPS) is 12.0. The lowest BCUT2D eigenvalue weighted by Gasteiger charge is -2.26. The molecule has 0 aromatic heterocycles. The van der Waals surface area contributed by atoms with Crippen LogP contribution in [0.2, 0.25) is 0 Å². The first-order valence-corrected chi connectivity index (χ1v) is 9.96. The Kier molecular flexibility index (Phi) is 9.38. The van der Waals surface area contributed by atoms with E-state index in [1.54, 1.807) is 30.3 Å². The summed E-state index contributed by atoms with van der Waals surface area (Å²) in [5.74, 6) is -1.60. The summed E-state index contributed by atoms with van der Waals surface area (Å²) < 4.78 is 29.0. The van der Waals surface area contributed by atoms with Gasteiger partial charge in [0.25, 0.3) is 0 Å². The van der Waals surface area contributed by atoms with Gasteiger partial charge in [-0.25, -0.2) is 14.4 Å². The van der Waals surface area contributed by atoms with Crippen LogP contribution < -0.4 is 15.2 Å². The first-order valence-electron chi connectivity index (χ1n) is 9.96. The van der Waals surface area contributed by atoms with E-state index >= 15 is 0 Å². The SMILES string of the molecule is COC(=O)Oc1ccc(C[C@](N)(CCOC(=O)c2ccccc2)C(=O)OC)cc1OC(=O)OC. The smallest absolute Gasteiger partial charge is 0.468 e. The predicted octanol–water partition coefficient (Wildman–Crippen LogP) is 2.64. The van der Waals surface area contributed by atoms with Crippen molar-refractivity contribution < 1.29 is 47.6 Å². The molecule has 0 saturated heterocycles. The number of carbonyl (C=O) groups excluding carboxylic acids is 4. The van der Waals surface area contributed by atoms with Gasteiger partial charge in [-0.1, -0.05) is 24.3 Å².